The molecule has 1 N–H and O–H groups in total. The normalized spacial score (nSPS) is 11.4. The fourth-order valence-corrected chi connectivity index (χ4v) is 2.86. The molecule has 0 saturated heterocycles. The Morgan fingerprint density at radius 2 is 1.88 bits per heavy atom. The van der Waals surface area contributed by atoms with Crippen LogP contribution in [0.1, 0.15) is 11.1 Å². The summed E-state index contributed by atoms with van der Waals surface area (Å²) in [6.45, 7) is 4.30. The lowest BCUT2D eigenvalue weighted by atomic mass is 10.0. The van der Waals surface area contributed by atoms with Crippen LogP contribution in [-0.4, -0.2) is 4.98 Å². The number of aryl methyl sites for hydroxylation is 2. The number of hydrogen-bond donors (Lipinski definition) is 1. The van der Waals surface area contributed by atoms with E-state index in [9.17, 15) is 0 Å². The summed E-state index contributed by atoms with van der Waals surface area (Å²) >= 11 is 3.60. The monoisotopic (exact) mass is 273 g/mol. The van der Waals surface area contributed by atoms with Gasteiger partial charge in [-0.3, -0.25) is 0 Å². The highest BCUT2D eigenvalue weighted by atomic mass is 79.9. The zero-order valence-electron chi connectivity index (χ0n) is 9.26. The molecule has 0 aliphatic rings. The molecular weight excluding hydrogens is 262 g/mol. The zero-order chi connectivity index (χ0) is 11.3. The van der Waals surface area contributed by atoms with Crippen LogP contribution in [0.2, 0.25) is 0 Å². The van der Waals surface area contributed by atoms with Crippen molar-refractivity contribution in [2.24, 2.45) is 0 Å². The molecule has 0 saturated carbocycles. The molecular formula is C14H12BrN. The summed E-state index contributed by atoms with van der Waals surface area (Å²) in [6, 6.07) is 10.7. The molecule has 3 aromatic rings. The van der Waals surface area contributed by atoms with Crippen molar-refractivity contribution in [3.8, 4) is 0 Å². The predicted octanol–water partition coefficient (Wildman–Crippen LogP) is 4.70. The van der Waals surface area contributed by atoms with Gasteiger partial charge < -0.3 is 4.98 Å². The van der Waals surface area contributed by atoms with Crippen LogP contribution in [0.15, 0.2) is 34.8 Å². The molecule has 0 atom stereocenters. The number of nitrogens with one attached hydrogen (secondary N) is 1. The number of fused-ring (bicyclic) bond motifs is 3. The molecule has 0 bridgehead atoms. The van der Waals surface area contributed by atoms with Crippen molar-refractivity contribution in [1.82, 2.24) is 4.98 Å². The minimum atomic E-state index is 1.17. The third-order valence-electron chi connectivity index (χ3n) is 3.18. The Balaban J connectivity index is 2.64. The lowest BCUT2D eigenvalue weighted by Crippen LogP contribution is -1.82. The molecule has 80 valence electrons. The van der Waals surface area contributed by atoms with E-state index in [0.717, 1.165) is 0 Å². The first-order chi connectivity index (χ1) is 7.68. The maximum atomic E-state index is 3.60. The van der Waals surface area contributed by atoms with Crippen molar-refractivity contribution in [3.63, 3.8) is 0 Å². The molecule has 1 heterocycles. The second kappa shape index (κ2) is 3.36. The zero-order valence-corrected chi connectivity index (χ0v) is 10.9. The Bertz CT molecular complexity index is 695. The first kappa shape index (κ1) is 9.91. The van der Waals surface area contributed by atoms with Crippen LogP contribution < -0.4 is 0 Å². The molecule has 16 heavy (non-hydrogen) atoms. The SMILES string of the molecule is Cc1c(Br)cc(C)c2c1[nH]c1ccccc12. The molecule has 0 radical (unpaired) electrons. The fraction of sp³-hybridized carbons (Fsp3) is 0.143. The molecule has 1 nitrogen and oxygen atoms in total. The highest BCUT2D eigenvalue weighted by Crippen LogP contribution is 2.33. The van der Waals surface area contributed by atoms with Crippen LogP contribution in [0, 0.1) is 13.8 Å². The van der Waals surface area contributed by atoms with Crippen molar-refractivity contribution >= 4 is 37.7 Å². The summed E-state index contributed by atoms with van der Waals surface area (Å²) < 4.78 is 1.17. The molecule has 0 spiro atoms. The molecule has 0 amide bonds. The molecule has 0 aliphatic carbocycles. The maximum absolute atomic E-state index is 3.60. The van der Waals surface area contributed by atoms with E-state index in [1.54, 1.807) is 0 Å². The number of H-pyrrole nitrogens is 1. The van der Waals surface area contributed by atoms with Crippen LogP contribution in [0.4, 0.5) is 0 Å². The minimum absolute atomic E-state index is 1.17. The number of aromatic nitrogens is 1. The smallest absolute Gasteiger partial charge is 0.0508 e. The second-order valence-corrected chi connectivity index (χ2v) is 5.08. The molecule has 3 rings (SSSR count). The van der Waals surface area contributed by atoms with E-state index in [-0.39, 0.29) is 0 Å². The summed E-state index contributed by atoms with van der Waals surface area (Å²) in [6.07, 6.45) is 0. The first-order valence-electron chi connectivity index (χ1n) is 5.34. The van der Waals surface area contributed by atoms with Crippen molar-refractivity contribution in [2.45, 2.75) is 13.8 Å². The summed E-state index contributed by atoms with van der Waals surface area (Å²) in [5.74, 6) is 0. The Kier molecular flexibility index (Phi) is 2.08. The van der Waals surface area contributed by atoms with Gasteiger partial charge in [-0.2, -0.15) is 0 Å². The van der Waals surface area contributed by atoms with Crippen LogP contribution in [0.5, 0.6) is 0 Å². The molecule has 0 fully saturated rings. The predicted molar refractivity (Wildman–Crippen MR) is 73.0 cm³/mol. The van der Waals surface area contributed by atoms with Crippen LogP contribution >= 0.6 is 15.9 Å². The van der Waals surface area contributed by atoms with Gasteiger partial charge in [-0.25, -0.2) is 0 Å². The van der Waals surface area contributed by atoms with Gasteiger partial charge in [-0.05, 0) is 37.1 Å². The molecule has 0 aliphatic heterocycles. The number of rotatable bonds is 0. The Hall–Kier alpha value is -1.28. The van der Waals surface area contributed by atoms with E-state index >= 15 is 0 Å². The summed E-state index contributed by atoms with van der Waals surface area (Å²) in [4.78, 5) is 3.50. The molecule has 0 unspecified atom stereocenters. The Morgan fingerprint density at radius 1 is 1.12 bits per heavy atom. The Morgan fingerprint density at radius 3 is 2.69 bits per heavy atom. The topological polar surface area (TPSA) is 15.8 Å². The van der Waals surface area contributed by atoms with Crippen LogP contribution in [0.25, 0.3) is 21.8 Å². The van der Waals surface area contributed by atoms with Crippen molar-refractivity contribution in [1.29, 1.82) is 0 Å². The van der Waals surface area contributed by atoms with Gasteiger partial charge in [0.05, 0.1) is 5.52 Å². The van der Waals surface area contributed by atoms with E-state index in [0.29, 0.717) is 0 Å². The third kappa shape index (κ3) is 1.23. The van der Waals surface area contributed by atoms with E-state index < -0.39 is 0 Å². The highest BCUT2D eigenvalue weighted by Gasteiger charge is 2.10. The largest absolute Gasteiger partial charge is 0.354 e. The van der Waals surface area contributed by atoms with Gasteiger partial charge >= 0.3 is 0 Å². The Labute approximate surface area is 103 Å². The quantitative estimate of drug-likeness (QED) is 0.611. The lowest BCUT2D eigenvalue weighted by Gasteiger charge is -2.03. The standard InChI is InChI=1S/C14H12BrN/c1-8-7-11(15)9(2)14-13(8)10-5-3-4-6-12(10)16-14/h3-7,16H,1-2H3. The average molecular weight is 274 g/mol. The first-order valence-corrected chi connectivity index (χ1v) is 6.14. The summed E-state index contributed by atoms with van der Waals surface area (Å²) in [7, 11) is 0. The van der Waals surface area contributed by atoms with Gasteiger partial charge in [0.1, 0.15) is 0 Å². The fourth-order valence-electron chi connectivity index (χ4n) is 2.32. The van der Waals surface area contributed by atoms with Crippen molar-refractivity contribution < 1.29 is 0 Å². The van der Waals surface area contributed by atoms with E-state index in [2.05, 4.69) is 65.1 Å². The third-order valence-corrected chi connectivity index (χ3v) is 4.00. The molecule has 2 aromatic carbocycles. The highest BCUT2D eigenvalue weighted by molar-refractivity contribution is 9.10. The second-order valence-electron chi connectivity index (χ2n) is 4.22. The van der Waals surface area contributed by atoms with Gasteiger partial charge in [-0.15, -0.1) is 0 Å². The van der Waals surface area contributed by atoms with Gasteiger partial charge in [0.25, 0.3) is 0 Å². The number of halogens is 1. The van der Waals surface area contributed by atoms with Gasteiger partial charge in [0.15, 0.2) is 0 Å². The minimum Gasteiger partial charge on any atom is -0.354 e. The van der Waals surface area contributed by atoms with E-state index in [1.807, 2.05) is 0 Å². The maximum Gasteiger partial charge on any atom is 0.0508 e. The van der Waals surface area contributed by atoms with Crippen LogP contribution in [0.3, 0.4) is 0 Å². The van der Waals surface area contributed by atoms with Crippen molar-refractivity contribution in [3.05, 3.63) is 45.9 Å². The van der Waals surface area contributed by atoms with Crippen LogP contribution in [-0.2, 0) is 0 Å². The van der Waals surface area contributed by atoms with E-state index in [4.69, 9.17) is 0 Å². The van der Waals surface area contributed by atoms with Gasteiger partial charge in [0.2, 0.25) is 0 Å². The van der Waals surface area contributed by atoms with Gasteiger partial charge in [-0.1, -0.05) is 34.1 Å². The number of benzene rings is 2. The number of hydrogen-bond acceptors (Lipinski definition) is 0. The average Bonchev–Trinajstić information content (AvgIpc) is 2.65. The van der Waals surface area contributed by atoms with Crippen molar-refractivity contribution in [2.75, 3.05) is 0 Å². The summed E-state index contributed by atoms with van der Waals surface area (Å²) in [5.41, 5.74) is 5.04. The number of para-hydroxylation sites is 1. The molecule has 2 heteroatoms. The lowest BCUT2D eigenvalue weighted by molar-refractivity contribution is 1.39. The summed E-state index contributed by atoms with van der Waals surface area (Å²) in [5, 5.41) is 2.65. The molecule has 1 aromatic heterocycles. The number of aromatic amines is 1. The van der Waals surface area contributed by atoms with Gasteiger partial charge in [0, 0.05) is 20.8 Å². The van der Waals surface area contributed by atoms with E-state index in [1.165, 1.54) is 37.4 Å².